The summed E-state index contributed by atoms with van der Waals surface area (Å²) in [5.41, 5.74) is 0. The van der Waals surface area contributed by atoms with Crippen LogP contribution in [-0.4, -0.2) is 30.1 Å². The second kappa shape index (κ2) is 4.41. The summed E-state index contributed by atoms with van der Waals surface area (Å²) in [6, 6.07) is -0.194. The molecule has 2 atom stereocenters. The number of hydrogen-bond acceptors (Lipinski definition) is 3. The van der Waals surface area contributed by atoms with Crippen molar-refractivity contribution in [1.82, 2.24) is 5.32 Å². The van der Waals surface area contributed by atoms with Gasteiger partial charge in [0.15, 0.2) is 0 Å². The Balaban J connectivity index is 3.72. The van der Waals surface area contributed by atoms with Crippen molar-refractivity contribution in [3.05, 3.63) is 0 Å². The molecule has 0 aromatic heterocycles. The lowest BCUT2D eigenvalue weighted by Crippen LogP contribution is -2.35. The van der Waals surface area contributed by atoms with E-state index >= 15 is 0 Å². The van der Waals surface area contributed by atoms with Crippen LogP contribution in [0.2, 0.25) is 0 Å². The van der Waals surface area contributed by atoms with Crippen LogP contribution in [0.3, 0.4) is 0 Å². The van der Waals surface area contributed by atoms with Crippen LogP contribution in [0.5, 0.6) is 0 Å². The summed E-state index contributed by atoms with van der Waals surface area (Å²) in [6.07, 6.45) is 0.0765. The number of nitrogens with one attached hydrogen (secondary N) is 1. The van der Waals surface area contributed by atoms with Gasteiger partial charge in [0.05, 0.1) is 12.1 Å². The molecule has 60 valence electrons. The zero-order valence-corrected chi connectivity index (χ0v) is 6.72. The highest BCUT2D eigenvalue weighted by Crippen LogP contribution is 1.97. The molecule has 0 radical (unpaired) electrons. The first-order valence-electron chi connectivity index (χ1n) is 3.43. The molecule has 0 fully saturated rings. The van der Waals surface area contributed by atoms with Crippen molar-refractivity contribution < 1.29 is 9.90 Å². The van der Waals surface area contributed by atoms with E-state index < -0.39 is 6.10 Å². The largest absolute Gasteiger partial charge is 0.393 e. The first kappa shape index (κ1) is 9.59. The van der Waals surface area contributed by atoms with E-state index in [1.165, 1.54) is 6.92 Å². The number of ketones is 1. The van der Waals surface area contributed by atoms with Crippen LogP contribution in [0.25, 0.3) is 0 Å². The maximum Gasteiger partial charge on any atom is 0.146 e. The Hall–Kier alpha value is -0.410. The third kappa shape index (κ3) is 3.58. The Morgan fingerprint density at radius 2 is 2.20 bits per heavy atom. The minimum absolute atomic E-state index is 0.0726. The van der Waals surface area contributed by atoms with E-state index in [1.54, 1.807) is 14.0 Å². The Bertz CT molecular complexity index is 112. The third-order valence-corrected chi connectivity index (χ3v) is 1.42. The Morgan fingerprint density at radius 1 is 1.70 bits per heavy atom. The van der Waals surface area contributed by atoms with Crippen LogP contribution < -0.4 is 5.32 Å². The molecule has 0 heterocycles. The Morgan fingerprint density at radius 3 is 2.30 bits per heavy atom. The molecule has 2 N–H and O–H groups in total. The van der Waals surface area contributed by atoms with Gasteiger partial charge in [0.1, 0.15) is 5.78 Å². The molecule has 0 aromatic carbocycles. The maximum absolute atomic E-state index is 10.7. The molecule has 0 saturated carbocycles. The van der Waals surface area contributed by atoms with Crippen molar-refractivity contribution in [2.75, 3.05) is 7.05 Å². The smallest absolute Gasteiger partial charge is 0.146 e. The third-order valence-electron chi connectivity index (χ3n) is 1.42. The van der Waals surface area contributed by atoms with E-state index in [-0.39, 0.29) is 11.8 Å². The normalized spacial score (nSPS) is 16.4. The van der Waals surface area contributed by atoms with Gasteiger partial charge in [-0.2, -0.15) is 0 Å². The minimum Gasteiger partial charge on any atom is -0.393 e. The molecule has 0 spiro atoms. The highest BCUT2D eigenvalue weighted by atomic mass is 16.3. The number of likely N-dealkylation sites (N-methyl/N-ethyl adjacent to an activating group) is 1. The lowest BCUT2D eigenvalue weighted by molar-refractivity contribution is -0.119. The molecule has 0 saturated heterocycles. The fraction of sp³-hybridized carbons (Fsp3) is 0.857. The summed E-state index contributed by atoms with van der Waals surface area (Å²) in [5, 5.41) is 11.7. The fourth-order valence-electron chi connectivity index (χ4n) is 0.828. The highest BCUT2D eigenvalue weighted by Gasteiger charge is 2.13. The first-order chi connectivity index (χ1) is 4.57. The van der Waals surface area contributed by atoms with Crippen molar-refractivity contribution in [2.45, 2.75) is 32.4 Å². The molecular weight excluding hydrogens is 130 g/mol. The van der Waals surface area contributed by atoms with Gasteiger partial charge in [0.25, 0.3) is 0 Å². The zero-order valence-electron chi connectivity index (χ0n) is 6.72. The maximum atomic E-state index is 10.7. The number of carbonyl (C=O) groups is 1. The molecule has 0 aliphatic heterocycles. The quantitative estimate of drug-likeness (QED) is 0.582. The predicted molar refractivity (Wildman–Crippen MR) is 39.8 cm³/mol. The molecule has 10 heavy (non-hydrogen) atoms. The predicted octanol–water partition coefficient (Wildman–Crippen LogP) is -0.0657. The lowest BCUT2D eigenvalue weighted by Gasteiger charge is -2.13. The van der Waals surface area contributed by atoms with Crippen molar-refractivity contribution in [3.8, 4) is 0 Å². The van der Waals surface area contributed by atoms with E-state index in [9.17, 15) is 4.79 Å². The number of aliphatic hydroxyl groups excluding tert-OH is 1. The van der Waals surface area contributed by atoms with Gasteiger partial charge in [0.2, 0.25) is 0 Å². The van der Waals surface area contributed by atoms with E-state index in [0.717, 1.165) is 0 Å². The summed E-state index contributed by atoms with van der Waals surface area (Å²) < 4.78 is 0. The molecule has 3 heteroatoms. The summed E-state index contributed by atoms with van der Waals surface area (Å²) >= 11 is 0. The van der Waals surface area contributed by atoms with Crippen molar-refractivity contribution >= 4 is 5.78 Å². The topological polar surface area (TPSA) is 49.3 Å². The second-order valence-corrected chi connectivity index (χ2v) is 2.54. The highest BCUT2D eigenvalue weighted by molar-refractivity contribution is 5.81. The second-order valence-electron chi connectivity index (χ2n) is 2.54. The van der Waals surface area contributed by atoms with Gasteiger partial charge in [-0.25, -0.2) is 0 Å². The van der Waals surface area contributed by atoms with Crippen LogP contribution in [0.4, 0.5) is 0 Å². The van der Waals surface area contributed by atoms with E-state index in [2.05, 4.69) is 5.32 Å². The molecule has 0 rings (SSSR count). The number of carbonyl (C=O) groups excluding carboxylic acids is 1. The first-order valence-corrected chi connectivity index (χ1v) is 3.43. The summed E-state index contributed by atoms with van der Waals surface area (Å²) in [5.74, 6) is 0.0726. The van der Waals surface area contributed by atoms with Crippen LogP contribution in [0.1, 0.15) is 20.3 Å². The SMILES string of the molecule is CNC(CC(C)O)C(C)=O. The lowest BCUT2D eigenvalue weighted by atomic mass is 10.1. The minimum atomic E-state index is -0.415. The van der Waals surface area contributed by atoms with Gasteiger partial charge >= 0.3 is 0 Å². The average Bonchev–Trinajstić information content (AvgIpc) is 1.81. The van der Waals surface area contributed by atoms with Gasteiger partial charge < -0.3 is 10.4 Å². The average molecular weight is 145 g/mol. The van der Waals surface area contributed by atoms with E-state index in [1.807, 2.05) is 0 Å². The van der Waals surface area contributed by atoms with Gasteiger partial charge in [-0.15, -0.1) is 0 Å². The summed E-state index contributed by atoms with van der Waals surface area (Å²) in [7, 11) is 1.72. The summed E-state index contributed by atoms with van der Waals surface area (Å²) in [6.45, 7) is 3.19. The molecule has 0 aromatic rings. The van der Waals surface area contributed by atoms with Gasteiger partial charge in [-0.3, -0.25) is 4.79 Å². The van der Waals surface area contributed by atoms with E-state index in [4.69, 9.17) is 5.11 Å². The molecular formula is C7H15NO2. The number of hydrogen-bond donors (Lipinski definition) is 2. The van der Waals surface area contributed by atoms with Crippen molar-refractivity contribution in [1.29, 1.82) is 0 Å². The zero-order chi connectivity index (χ0) is 8.15. The standard InChI is InChI=1S/C7H15NO2/c1-5(9)4-7(8-3)6(2)10/h5,7-9H,4H2,1-3H3. The molecule has 3 nitrogen and oxygen atoms in total. The van der Waals surface area contributed by atoms with Gasteiger partial charge in [-0.1, -0.05) is 0 Å². The number of aliphatic hydroxyl groups is 1. The molecule has 0 amide bonds. The van der Waals surface area contributed by atoms with Crippen molar-refractivity contribution in [2.24, 2.45) is 0 Å². The molecule has 2 unspecified atom stereocenters. The fourth-order valence-corrected chi connectivity index (χ4v) is 0.828. The monoisotopic (exact) mass is 145 g/mol. The van der Waals surface area contributed by atoms with Crippen LogP contribution in [0, 0.1) is 0 Å². The van der Waals surface area contributed by atoms with Gasteiger partial charge in [0, 0.05) is 0 Å². The Kier molecular flexibility index (Phi) is 4.23. The number of Topliss-reactive ketones (excluding diaryl/α,β-unsaturated/α-hetero) is 1. The van der Waals surface area contributed by atoms with E-state index in [0.29, 0.717) is 6.42 Å². The number of rotatable bonds is 4. The molecule has 0 bridgehead atoms. The van der Waals surface area contributed by atoms with Crippen molar-refractivity contribution in [3.63, 3.8) is 0 Å². The van der Waals surface area contributed by atoms with Crippen LogP contribution >= 0.6 is 0 Å². The molecule has 0 aliphatic carbocycles. The Labute approximate surface area is 61.4 Å². The summed E-state index contributed by atoms with van der Waals surface area (Å²) in [4.78, 5) is 10.7. The van der Waals surface area contributed by atoms with Crippen LogP contribution in [0.15, 0.2) is 0 Å². The molecule has 0 aliphatic rings. The van der Waals surface area contributed by atoms with Gasteiger partial charge in [-0.05, 0) is 27.3 Å². The van der Waals surface area contributed by atoms with Crippen LogP contribution in [-0.2, 0) is 4.79 Å².